The highest BCUT2D eigenvalue weighted by molar-refractivity contribution is 5.81. The van der Waals surface area contributed by atoms with Crippen LogP contribution in [0.4, 0.5) is 8.78 Å². The number of ether oxygens (including phenoxy) is 1. The van der Waals surface area contributed by atoms with Crippen LogP contribution in [0.25, 0.3) is 11.1 Å². The lowest BCUT2D eigenvalue weighted by Gasteiger charge is -2.07. The molecule has 1 heterocycles. The normalized spacial score (nSPS) is 10.2. The number of nitrogens with zero attached hydrogens (tertiary/aromatic N) is 1. The van der Waals surface area contributed by atoms with Crippen LogP contribution < -0.4 is 4.74 Å². The molecule has 0 N–H and O–H groups in total. The summed E-state index contributed by atoms with van der Waals surface area (Å²) in [7, 11) is 1.37. The fraction of sp³-hybridized carbons (Fsp3) is 0.0769. The second kappa shape index (κ2) is 4.91. The van der Waals surface area contributed by atoms with E-state index in [0.29, 0.717) is 11.8 Å². The number of methoxy groups -OCH3 is 1. The van der Waals surface area contributed by atoms with Gasteiger partial charge in [0.1, 0.15) is 0 Å². The Labute approximate surface area is 102 Å². The van der Waals surface area contributed by atoms with Crippen molar-refractivity contribution in [2.45, 2.75) is 0 Å². The minimum absolute atomic E-state index is 0.0493. The standard InChI is InChI=1S/C13H9F2NO2/c1-18-13-9(7-17)5-8(6-16-13)10-3-2-4-11(14)12(10)15/h2-7H,1H3. The summed E-state index contributed by atoms with van der Waals surface area (Å²) in [6.45, 7) is 0. The second-order valence-corrected chi connectivity index (χ2v) is 3.54. The van der Waals surface area contributed by atoms with Gasteiger partial charge in [0, 0.05) is 17.3 Å². The number of carbonyl (C=O) groups excluding carboxylic acids is 1. The molecule has 0 aliphatic carbocycles. The van der Waals surface area contributed by atoms with Gasteiger partial charge < -0.3 is 4.74 Å². The Morgan fingerprint density at radius 2 is 2.11 bits per heavy atom. The molecule has 18 heavy (non-hydrogen) atoms. The first-order chi connectivity index (χ1) is 8.67. The van der Waals surface area contributed by atoms with E-state index in [1.54, 1.807) is 0 Å². The predicted octanol–water partition coefficient (Wildman–Crippen LogP) is 2.85. The zero-order chi connectivity index (χ0) is 13.1. The predicted molar refractivity (Wildman–Crippen MR) is 61.5 cm³/mol. The Bertz CT molecular complexity index is 600. The third-order valence-corrected chi connectivity index (χ3v) is 2.46. The lowest BCUT2D eigenvalue weighted by molar-refractivity contribution is 0.112. The van der Waals surface area contributed by atoms with Crippen molar-refractivity contribution in [3.8, 4) is 17.0 Å². The monoisotopic (exact) mass is 249 g/mol. The Balaban J connectivity index is 2.58. The molecule has 0 atom stereocenters. The van der Waals surface area contributed by atoms with E-state index in [-0.39, 0.29) is 17.0 Å². The van der Waals surface area contributed by atoms with Crippen LogP contribution in [0.5, 0.6) is 5.88 Å². The van der Waals surface area contributed by atoms with Gasteiger partial charge in [0.15, 0.2) is 17.9 Å². The minimum atomic E-state index is -0.971. The van der Waals surface area contributed by atoms with Gasteiger partial charge in [-0.25, -0.2) is 13.8 Å². The summed E-state index contributed by atoms with van der Waals surface area (Å²) in [5.74, 6) is -1.78. The summed E-state index contributed by atoms with van der Waals surface area (Å²) in [5, 5.41) is 0. The quantitative estimate of drug-likeness (QED) is 0.785. The van der Waals surface area contributed by atoms with Crippen LogP contribution in [0.2, 0.25) is 0 Å². The largest absolute Gasteiger partial charge is 0.480 e. The highest BCUT2D eigenvalue weighted by Gasteiger charge is 2.12. The van der Waals surface area contributed by atoms with Crippen molar-refractivity contribution >= 4 is 6.29 Å². The van der Waals surface area contributed by atoms with E-state index in [0.717, 1.165) is 6.07 Å². The maximum absolute atomic E-state index is 13.6. The topological polar surface area (TPSA) is 39.2 Å². The minimum Gasteiger partial charge on any atom is -0.480 e. The molecule has 2 rings (SSSR count). The van der Waals surface area contributed by atoms with Crippen LogP contribution in [0, 0.1) is 11.6 Å². The van der Waals surface area contributed by atoms with Crippen molar-refractivity contribution in [1.82, 2.24) is 4.98 Å². The van der Waals surface area contributed by atoms with Gasteiger partial charge in [-0.15, -0.1) is 0 Å². The first kappa shape index (κ1) is 12.2. The van der Waals surface area contributed by atoms with Crippen LogP contribution in [0.15, 0.2) is 30.5 Å². The van der Waals surface area contributed by atoms with Crippen LogP contribution in [0.3, 0.4) is 0 Å². The summed E-state index contributed by atoms with van der Waals surface area (Å²) in [5.41, 5.74) is 0.543. The molecule has 0 unspecified atom stereocenters. The van der Waals surface area contributed by atoms with Gasteiger partial charge in [-0.05, 0) is 12.1 Å². The summed E-state index contributed by atoms with van der Waals surface area (Å²) in [6, 6.07) is 5.22. The zero-order valence-electron chi connectivity index (χ0n) is 9.48. The van der Waals surface area contributed by atoms with E-state index in [1.165, 1.54) is 31.5 Å². The maximum atomic E-state index is 13.6. The van der Waals surface area contributed by atoms with Crippen LogP contribution in [-0.2, 0) is 0 Å². The smallest absolute Gasteiger partial charge is 0.223 e. The Morgan fingerprint density at radius 3 is 2.78 bits per heavy atom. The van der Waals surface area contributed by atoms with Gasteiger partial charge in [-0.1, -0.05) is 12.1 Å². The molecule has 0 fully saturated rings. The molecule has 0 radical (unpaired) electrons. The highest BCUT2D eigenvalue weighted by Crippen LogP contribution is 2.26. The molecule has 0 aliphatic rings. The number of hydrogen-bond acceptors (Lipinski definition) is 3. The molecule has 0 saturated carbocycles. The number of rotatable bonds is 3. The Kier molecular flexibility index (Phi) is 3.32. The fourth-order valence-corrected chi connectivity index (χ4v) is 1.60. The lowest BCUT2D eigenvalue weighted by atomic mass is 10.1. The van der Waals surface area contributed by atoms with Gasteiger partial charge >= 0.3 is 0 Å². The first-order valence-corrected chi connectivity index (χ1v) is 5.11. The summed E-state index contributed by atoms with van der Waals surface area (Å²) >= 11 is 0. The molecular formula is C13H9F2NO2. The molecule has 92 valence electrons. The van der Waals surface area contributed by atoms with E-state index in [2.05, 4.69) is 4.98 Å². The van der Waals surface area contributed by atoms with Gasteiger partial charge in [0.25, 0.3) is 0 Å². The van der Waals surface area contributed by atoms with Crippen molar-refractivity contribution in [3.63, 3.8) is 0 Å². The third-order valence-electron chi connectivity index (χ3n) is 2.46. The number of aldehydes is 1. The van der Waals surface area contributed by atoms with Crippen molar-refractivity contribution < 1.29 is 18.3 Å². The Hall–Kier alpha value is -2.30. The van der Waals surface area contributed by atoms with Crippen molar-refractivity contribution in [1.29, 1.82) is 0 Å². The molecule has 1 aromatic heterocycles. The first-order valence-electron chi connectivity index (χ1n) is 5.11. The molecule has 0 saturated heterocycles. The SMILES string of the molecule is COc1ncc(-c2cccc(F)c2F)cc1C=O. The van der Waals surface area contributed by atoms with Gasteiger partial charge in [-0.3, -0.25) is 4.79 Å². The van der Waals surface area contributed by atoms with Crippen molar-refractivity contribution in [2.75, 3.05) is 7.11 Å². The molecule has 0 bridgehead atoms. The molecule has 0 spiro atoms. The van der Waals surface area contributed by atoms with Crippen LogP contribution in [0.1, 0.15) is 10.4 Å². The number of hydrogen-bond donors (Lipinski definition) is 0. The Morgan fingerprint density at radius 1 is 1.33 bits per heavy atom. The molecule has 5 heteroatoms. The number of halogens is 2. The number of pyridine rings is 1. The molecule has 3 nitrogen and oxygen atoms in total. The average molecular weight is 249 g/mol. The summed E-state index contributed by atoms with van der Waals surface area (Å²) in [6.07, 6.45) is 1.87. The van der Waals surface area contributed by atoms with Crippen LogP contribution in [-0.4, -0.2) is 18.4 Å². The van der Waals surface area contributed by atoms with E-state index in [4.69, 9.17) is 4.74 Å². The van der Waals surface area contributed by atoms with E-state index < -0.39 is 11.6 Å². The van der Waals surface area contributed by atoms with Crippen LogP contribution >= 0.6 is 0 Å². The average Bonchev–Trinajstić information content (AvgIpc) is 2.41. The fourth-order valence-electron chi connectivity index (χ4n) is 1.60. The second-order valence-electron chi connectivity index (χ2n) is 3.54. The van der Waals surface area contributed by atoms with Gasteiger partial charge in [0.2, 0.25) is 5.88 Å². The zero-order valence-corrected chi connectivity index (χ0v) is 9.48. The number of benzene rings is 1. The molecule has 2 aromatic rings. The molecule has 0 amide bonds. The third kappa shape index (κ3) is 2.07. The van der Waals surface area contributed by atoms with Crippen molar-refractivity contribution in [2.24, 2.45) is 0 Å². The summed E-state index contributed by atoms with van der Waals surface area (Å²) in [4.78, 5) is 14.7. The van der Waals surface area contributed by atoms with E-state index in [1.807, 2.05) is 0 Å². The maximum Gasteiger partial charge on any atom is 0.223 e. The molecule has 0 aliphatic heterocycles. The highest BCUT2D eigenvalue weighted by atomic mass is 19.2. The number of carbonyl (C=O) groups is 1. The number of aromatic nitrogens is 1. The van der Waals surface area contributed by atoms with E-state index >= 15 is 0 Å². The van der Waals surface area contributed by atoms with Gasteiger partial charge in [-0.2, -0.15) is 0 Å². The van der Waals surface area contributed by atoms with Gasteiger partial charge in [0.05, 0.1) is 12.7 Å². The summed E-state index contributed by atoms with van der Waals surface area (Å²) < 4.78 is 31.6. The molecular weight excluding hydrogens is 240 g/mol. The lowest BCUT2D eigenvalue weighted by Crippen LogP contribution is -1.96. The molecule has 1 aromatic carbocycles. The van der Waals surface area contributed by atoms with E-state index in [9.17, 15) is 13.6 Å². The van der Waals surface area contributed by atoms with Crippen molar-refractivity contribution in [3.05, 3.63) is 47.7 Å².